The number of aliphatic hydroxyl groups excluding tert-OH is 1. The molecule has 0 bridgehead atoms. The van der Waals surface area contributed by atoms with Crippen LogP contribution in [0, 0.1) is 0 Å². The van der Waals surface area contributed by atoms with Crippen LogP contribution in [0.5, 0.6) is 0 Å². The number of hydrogen-bond acceptors (Lipinski definition) is 3. The van der Waals surface area contributed by atoms with Crippen LogP contribution in [0.1, 0.15) is 155 Å². The third-order valence-electron chi connectivity index (χ3n) is 6.07. The summed E-state index contributed by atoms with van der Waals surface area (Å²) in [5.41, 5.74) is 0. The van der Waals surface area contributed by atoms with Crippen LogP contribution in [0.15, 0.2) is 0 Å². The van der Waals surface area contributed by atoms with Crippen molar-refractivity contribution in [3.8, 4) is 0 Å². The van der Waals surface area contributed by atoms with Crippen LogP contribution in [-0.2, 0) is 9.53 Å². The zero-order valence-corrected chi connectivity index (χ0v) is 20.6. The summed E-state index contributed by atoms with van der Waals surface area (Å²) in [7, 11) is 0. The third-order valence-corrected chi connectivity index (χ3v) is 6.07. The Kier molecular flexibility index (Phi) is 24.2. The van der Waals surface area contributed by atoms with Gasteiger partial charge in [0.25, 0.3) is 0 Å². The molecule has 0 aliphatic carbocycles. The highest BCUT2D eigenvalue weighted by atomic mass is 16.5. The first kappa shape index (κ1) is 29.4. The number of hydrogen-bond donors (Lipinski definition) is 1. The highest BCUT2D eigenvalue weighted by Gasteiger charge is 2.07. The lowest BCUT2D eigenvalue weighted by Crippen LogP contribution is -2.18. The topological polar surface area (TPSA) is 46.5 Å². The summed E-state index contributed by atoms with van der Waals surface area (Å²) in [4.78, 5) is 11.5. The van der Waals surface area contributed by atoms with E-state index in [-0.39, 0.29) is 18.7 Å². The fraction of sp³-hybridized carbons (Fsp3) is 0.963. The Morgan fingerprint density at radius 2 is 0.900 bits per heavy atom. The molecule has 30 heavy (non-hydrogen) atoms. The average Bonchev–Trinajstić information content (AvgIpc) is 2.74. The van der Waals surface area contributed by atoms with E-state index in [1.807, 2.05) is 0 Å². The lowest BCUT2D eigenvalue weighted by Gasteiger charge is -2.09. The van der Waals surface area contributed by atoms with Crippen LogP contribution >= 0.6 is 0 Å². The number of unbranched alkanes of at least 4 members (excludes halogenated alkanes) is 20. The molecule has 0 rings (SSSR count). The molecule has 0 aliphatic heterocycles. The summed E-state index contributed by atoms with van der Waals surface area (Å²) in [5.74, 6) is -0.172. The molecule has 0 fully saturated rings. The number of carbonyl (C=O) groups is 1. The Balaban J connectivity index is 3.09. The molecular formula is C27H54O3. The lowest BCUT2D eigenvalue weighted by atomic mass is 10.0. The van der Waals surface area contributed by atoms with E-state index < -0.39 is 0 Å². The van der Waals surface area contributed by atoms with Gasteiger partial charge in [0, 0.05) is 6.42 Å². The number of esters is 1. The van der Waals surface area contributed by atoms with Crippen molar-refractivity contribution in [2.45, 2.75) is 161 Å². The largest absolute Gasteiger partial charge is 0.460 e. The molecule has 0 aromatic carbocycles. The van der Waals surface area contributed by atoms with Gasteiger partial charge in [0.1, 0.15) is 6.10 Å². The van der Waals surface area contributed by atoms with E-state index in [2.05, 4.69) is 6.92 Å². The Labute approximate surface area is 188 Å². The lowest BCUT2D eigenvalue weighted by molar-refractivity contribution is -0.150. The summed E-state index contributed by atoms with van der Waals surface area (Å²) < 4.78 is 5.05. The van der Waals surface area contributed by atoms with Crippen LogP contribution in [0.2, 0.25) is 0 Å². The SMILES string of the molecule is CCCCCCCCCCCCCCCCCCCCCCCC(=O)OC(C)CO. The zero-order valence-electron chi connectivity index (χ0n) is 20.6. The van der Waals surface area contributed by atoms with Gasteiger partial charge in [-0.3, -0.25) is 4.79 Å². The van der Waals surface area contributed by atoms with E-state index >= 15 is 0 Å². The smallest absolute Gasteiger partial charge is 0.306 e. The summed E-state index contributed by atoms with van der Waals surface area (Å²) in [5, 5.41) is 8.85. The fourth-order valence-corrected chi connectivity index (χ4v) is 4.02. The van der Waals surface area contributed by atoms with E-state index in [4.69, 9.17) is 9.84 Å². The number of carbonyl (C=O) groups excluding carboxylic acids is 1. The van der Waals surface area contributed by atoms with Crippen molar-refractivity contribution in [2.24, 2.45) is 0 Å². The van der Waals surface area contributed by atoms with Crippen molar-refractivity contribution in [2.75, 3.05) is 6.61 Å². The van der Waals surface area contributed by atoms with Gasteiger partial charge in [-0.15, -0.1) is 0 Å². The Morgan fingerprint density at radius 3 is 1.20 bits per heavy atom. The molecule has 0 aromatic heterocycles. The number of aliphatic hydroxyl groups is 1. The maximum Gasteiger partial charge on any atom is 0.306 e. The highest BCUT2D eigenvalue weighted by molar-refractivity contribution is 5.69. The van der Waals surface area contributed by atoms with E-state index in [0.29, 0.717) is 6.42 Å². The van der Waals surface area contributed by atoms with Gasteiger partial charge in [-0.25, -0.2) is 0 Å². The maximum atomic E-state index is 11.5. The normalized spacial score (nSPS) is 12.2. The summed E-state index contributed by atoms with van der Waals surface area (Å²) in [6.07, 6.45) is 28.9. The first-order valence-corrected chi connectivity index (χ1v) is 13.5. The van der Waals surface area contributed by atoms with Gasteiger partial charge in [-0.05, 0) is 13.3 Å². The van der Waals surface area contributed by atoms with E-state index in [0.717, 1.165) is 12.8 Å². The molecule has 0 amide bonds. The zero-order chi connectivity index (χ0) is 22.1. The molecule has 0 radical (unpaired) electrons. The van der Waals surface area contributed by atoms with Crippen molar-refractivity contribution >= 4 is 5.97 Å². The van der Waals surface area contributed by atoms with Crippen LogP contribution in [0.25, 0.3) is 0 Å². The summed E-state index contributed by atoms with van der Waals surface area (Å²) in [6, 6.07) is 0. The molecule has 0 aliphatic rings. The standard InChI is InChI=1S/C27H54O3/c1-3-4-5-6-7-8-9-10-11-12-13-14-15-16-17-18-19-20-21-22-23-24-27(29)30-26(2)25-28/h26,28H,3-25H2,1-2H3. The molecule has 0 saturated carbocycles. The van der Waals surface area contributed by atoms with Crippen LogP contribution in [0.4, 0.5) is 0 Å². The van der Waals surface area contributed by atoms with Gasteiger partial charge in [-0.2, -0.15) is 0 Å². The third kappa shape index (κ3) is 23.7. The molecule has 0 heterocycles. The number of ether oxygens (including phenoxy) is 1. The van der Waals surface area contributed by atoms with Crippen molar-refractivity contribution < 1.29 is 14.6 Å². The maximum absolute atomic E-state index is 11.5. The van der Waals surface area contributed by atoms with Gasteiger partial charge in [0.2, 0.25) is 0 Å². The monoisotopic (exact) mass is 426 g/mol. The molecule has 1 atom stereocenters. The van der Waals surface area contributed by atoms with Gasteiger partial charge in [-0.1, -0.05) is 135 Å². The molecule has 180 valence electrons. The first-order chi connectivity index (χ1) is 14.7. The molecule has 0 saturated heterocycles. The quantitative estimate of drug-likeness (QED) is 0.124. The fourth-order valence-electron chi connectivity index (χ4n) is 4.02. The number of rotatable bonds is 24. The molecule has 1 unspecified atom stereocenters. The summed E-state index contributed by atoms with van der Waals surface area (Å²) in [6.45, 7) is 3.91. The van der Waals surface area contributed by atoms with Gasteiger partial charge >= 0.3 is 5.97 Å². The minimum absolute atomic E-state index is 0.0922. The van der Waals surface area contributed by atoms with Crippen molar-refractivity contribution in [3.63, 3.8) is 0 Å². The van der Waals surface area contributed by atoms with Crippen LogP contribution < -0.4 is 0 Å². The predicted octanol–water partition coefficient (Wildman–Crippen LogP) is 8.51. The highest BCUT2D eigenvalue weighted by Crippen LogP contribution is 2.15. The molecule has 1 N–H and O–H groups in total. The predicted molar refractivity (Wildman–Crippen MR) is 130 cm³/mol. The minimum Gasteiger partial charge on any atom is -0.460 e. The Morgan fingerprint density at radius 1 is 0.600 bits per heavy atom. The summed E-state index contributed by atoms with van der Waals surface area (Å²) >= 11 is 0. The Hall–Kier alpha value is -0.570. The second-order valence-corrected chi connectivity index (χ2v) is 9.30. The van der Waals surface area contributed by atoms with Crippen LogP contribution in [0.3, 0.4) is 0 Å². The molecule has 0 aromatic rings. The molecule has 3 nitrogen and oxygen atoms in total. The second kappa shape index (κ2) is 24.7. The first-order valence-electron chi connectivity index (χ1n) is 13.5. The van der Waals surface area contributed by atoms with E-state index in [1.54, 1.807) is 6.92 Å². The van der Waals surface area contributed by atoms with E-state index in [9.17, 15) is 4.79 Å². The van der Waals surface area contributed by atoms with Crippen molar-refractivity contribution in [3.05, 3.63) is 0 Å². The second-order valence-electron chi connectivity index (χ2n) is 9.30. The Bertz CT molecular complexity index is 343. The van der Waals surface area contributed by atoms with Crippen molar-refractivity contribution in [1.29, 1.82) is 0 Å². The average molecular weight is 427 g/mol. The van der Waals surface area contributed by atoms with Crippen LogP contribution in [-0.4, -0.2) is 23.8 Å². The molecule has 0 spiro atoms. The van der Waals surface area contributed by atoms with E-state index in [1.165, 1.54) is 122 Å². The van der Waals surface area contributed by atoms with Gasteiger partial charge < -0.3 is 9.84 Å². The minimum atomic E-state index is -0.368. The van der Waals surface area contributed by atoms with Gasteiger partial charge in [0.05, 0.1) is 6.61 Å². The molecule has 3 heteroatoms. The van der Waals surface area contributed by atoms with Gasteiger partial charge in [0.15, 0.2) is 0 Å². The van der Waals surface area contributed by atoms with Crippen molar-refractivity contribution in [1.82, 2.24) is 0 Å². The molecular weight excluding hydrogens is 372 g/mol.